The van der Waals surface area contributed by atoms with E-state index in [1.807, 2.05) is 4.72 Å². The van der Waals surface area contributed by atoms with E-state index in [0.29, 0.717) is 5.56 Å². The minimum atomic E-state index is -4.44. The van der Waals surface area contributed by atoms with Crippen LogP contribution in [0.3, 0.4) is 0 Å². The van der Waals surface area contributed by atoms with Crippen LogP contribution in [0.2, 0.25) is 0 Å². The first-order chi connectivity index (χ1) is 9.64. The van der Waals surface area contributed by atoms with Crippen LogP contribution in [0.25, 0.3) is 0 Å². The summed E-state index contributed by atoms with van der Waals surface area (Å²) in [6, 6.07) is 4.04. The SMILES string of the molecule is CC(CC(F)(F)F)NS(=O)(=O)c1ccc(C#CCO)cc1. The van der Waals surface area contributed by atoms with Crippen molar-refractivity contribution in [1.82, 2.24) is 4.72 Å². The van der Waals surface area contributed by atoms with Gasteiger partial charge in [-0.15, -0.1) is 0 Å². The van der Waals surface area contributed by atoms with Gasteiger partial charge < -0.3 is 5.11 Å². The van der Waals surface area contributed by atoms with Crippen LogP contribution in [-0.4, -0.2) is 32.3 Å². The van der Waals surface area contributed by atoms with Crippen LogP contribution < -0.4 is 4.72 Å². The average Bonchev–Trinajstić information content (AvgIpc) is 2.33. The van der Waals surface area contributed by atoms with Gasteiger partial charge in [0.1, 0.15) is 6.61 Å². The fraction of sp³-hybridized carbons (Fsp3) is 0.385. The van der Waals surface area contributed by atoms with Crippen LogP contribution >= 0.6 is 0 Å². The Labute approximate surface area is 121 Å². The topological polar surface area (TPSA) is 66.4 Å². The van der Waals surface area contributed by atoms with Gasteiger partial charge in [-0.1, -0.05) is 11.8 Å². The van der Waals surface area contributed by atoms with E-state index in [9.17, 15) is 21.6 Å². The monoisotopic (exact) mass is 321 g/mol. The first-order valence-electron chi connectivity index (χ1n) is 5.93. The van der Waals surface area contributed by atoms with Crippen LogP contribution in [0.5, 0.6) is 0 Å². The number of hydrogen-bond donors (Lipinski definition) is 2. The van der Waals surface area contributed by atoms with Crippen LogP contribution in [-0.2, 0) is 10.0 Å². The van der Waals surface area contributed by atoms with E-state index < -0.39 is 28.7 Å². The van der Waals surface area contributed by atoms with Crippen molar-refractivity contribution < 1.29 is 26.7 Å². The molecule has 0 bridgehead atoms. The van der Waals surface area contributed by atoms with Crippen LogP contribution in [0, 0.1) is 11.8 Å². The second kappa shape index (κ2) is 6.93. The number of alkyl halides is 3. The molecule has 1 aromatic rings. The highest BCUT2D eigenvalue weighted by atomic mass is 32.2. The molecule has 0 aliphatic rings. The molecule has 0 saturated carbocycles. The van der Waals surface area contributed by atoms with Crippen molar-refractivity contribution in [3.63, 3.8) is 0 Å². The maximum atomic E-state index is 12.2. The Morgan fingerprint density at radius 1 is 1.29 bits per heavy atom. The number of sulfonamides is 1. The number of benzene rings is 1. The third kappa shape index (κ3) is 6.16. The smallest absolute Gasteiger partial charge is 0.384 e. The minimum Gasteiger partial charge on any atom is -0.384 e. The maximum Gasteiger partial charge on any atom is 0.390 e. The summed E-state index contributed by atoms with van der Waals surface area (Å²) < 4.78 is 62.3. The molecule has 1 aromatic carbocycles. The Balaban J connectivity index is 2.83. The van der Waals surface area contributed by atoms with Gasteiger partial charge in [0.2, 0.25) is 10.0 Å². The molecule has 1 rings (SSSR count). The van der Waals surface area contributed by atoms with Gasteiger partial charge in [-0.25, -0.2) is 13.1 Å². The summed E-state index contributed by atoms with van der Waals surface area (Å²) in [5, 5.41) is 8.53. The molecule has 0 fully saturated rings. The zero-order valence-electron chi connectivity index (χ0n) is 11.1. The van der Waals surface area contributed by atoms with Crippen molar-refractivity contribution in [3.8, 4) is 11.8 Å². The molecule has 0 spiro atoms. The molecular formula is C13H14F3NO3S. The summed E-state index contributed by atoms with van der Waals surface area (Å²) >= 11 is 0. The molecule has 1 unspecified atom stereocenters. The van der Waals surface area contributed by atoms with Crippen molar-refractivity contribution >= 4 is 10.0 Å². The molecule has 21 heavy (non-hydrogen) atoms. The van der Waals surface area contributed by atoms with E-state index in [1.165, 1.54) is 24.3 Å². The van der Waals surface area contributed by atoms with Gasteiger partial charge in [-0.3, -0.25) is 0 Å². The van der Waals surface area contributed by atoms with Gasteiger partial charge in [0.25, 0.3) is 0 Å². The van der Waals surface area contributed by atoms with Crippen molar-refractivity contribution in [1.29, 1.82) is 0 Å². The number of nitrogens with one attached hydrogen (secondary N) is 1. The number of halogens is 3. The lowest BCUT2D eigenvalue weighted by Crippen LogP contribution is -2.35. The highest BCUT2D eigenvalue weighted by Crippen LogP contribution is 2.22. The van der Waals surface area contributed by atoms with Crippen molar-refractivity contribution in [2.24, 2.45) is 0 Å². The number of aliphatic hydroxyl groups excluding tert-OH is 1. The Bertz CT molecular complexity index is 627. The summed E-state index contributed by atoms with van der Waals surface area (Å²) in [5.74, 6) is 4.98. The molecule has 0 aliphatic heterocycles. The van der Waals surface area contributed by atoms with Gasteiger partial charge in [0, 0.05) is 11.6 Å². The number of hydrogen-bond acceptors (Lipinski definition) is 3. The lowest BCUT2D eigenvalue weighted by molar-refractivity contribution is -0.137. The van der Waals surface area contributed by atoms with Gasteiger partial charge in [-0.2, -0.15) is 13.2 Å². The predicted molar refractivity (Wildman–Crippen MR) is 70.9 cm³/mol. The first-order valence-corrected chi connectivity index (χ1v) is 7.41. The Kier molecular flexibility index (Phi) is 5.78. The molecule has 0 radical (unpaired) electrons. The van der Waals surface area contributed by atoms with Gasteiger partial charge in [0.05, 0.1) is 11.3 Å². The summed E-state index contributed by atoms with van der Waals surface area (Å²) in [6.45, 7) is 0.822. The second-order valence-corrected chi connectivity index (χ2v) is 6.04. The average molecular weight is 321 g/mol. The van der Waals surface area contributed by atoms with Gasteiger partial charge in [0.15, 0.2) is 0 Å². The third-order valence-corrected chi connectivity index (χ3v) is 3.98. The summed E-state index contributed by atoms with van der Waals surface area (Å²) in [6.07, 6.45) is -5.68. The molecule has 116 valence electrons. The highest BCUT2D eigenvalue weighted by molar-refractivity contribution is 7.89. The zero-order valence-corrected chi connectivity index (χ0v) is 11.9. The van der Waals surface area contributed by atoms with Crippen LogP contribution in [0.15, 0.2) is 29.2 Å². The van der Waals surface area contributed by atoms with E-state index in [1.54, 1.807) is 0 Å². The molecule has 0 aliphatic carbocycles. The van der Waals surface area contributed by atoms with Crippen molar-refractivity contribution in [2.45, 2.75) is 30.5 Å². The molecule has 0 aromatic heterocycles. The lowest BCUT2D eigenvalue weighted by atomic mass is 10.2. The zero-order chi connectivity index (χ0) is 16.1. The molecular weight excluding hydrogens is 307 g/mol. The molecule has 2 N–H and O–H groups in total. The predicted octanol–water partition coefficient (Wildman–Crippen LogP) is 1.65. The van der Waals surface area contributed by atoms with E-state index in [-0.39, 0.29) is 11.5 Å². The Morgan fingerprint density at radius 2 is 1.86 bits per heavy atom. The highest BCUT2D eigenvalue weighted by Gasteiger charge is 2.31. The molecule has 1 atom stereocenters. The number of aliphatic hydroxyl groups is 1. The lowest BCUT2D eigenvalue weighted by Gasteiger charge is -2.16. The first kappa shape index (κ1) is 17.5. The minimum absolute atomic E-state index is 0.147. The maximum absolute atomic E-state index is 12.2. The fourth-order valence-electron chi connectivity index (χ4n) is 1.58. The third-order valence-electron chi connectivity index (χ3n) is 2.37. The van der Waals surface area contributed by atoms with Crippen LogP contribution in [0.1, 0.15) is 18.9 Å². The van der Waals surface area contributed by atoms with Crippen molar-refractivity contribution in [3.05, 3.63) is 29.8 Å². The number of rotatable bonds is 4. The summed E-state index contributed by atoms with van der Waals surface area (Å²) in [5.41, 5.74) is 0.492. The normalized spacial score (nSPS) is 13.4. The van der Waals surface area contributed by atoms with E-state index in [4.69, 9.17) is 5.11 Å². The molecule has 0 saturated heterocycles. The van der Waals surface area contributed by atoms with E-state index >= 15 is 0 Å². The molecule has 8 heteroatoms. The standard InChI is InChI=1S/C13H14F3NO3S/c1-10(9-13(14,15)16)17-21(19,20)12-6-4-11(5-7-12)3-2-8-18/h4-7,10,17-18H,8-9H2,1H3. The largest absolute Gasteiger partial charge is 0.390 e. The quantitative estimate of drug-likeness (QED) is 0.829. The van der Waals surface area contributed by atoms with E-state index in [2.05, 4.69) is 11.8 Å². The fourth-order valence-corrected chi connectivity index (χ4v) is 2.82. The van der Waals surface area contributed by atoms with Crippen molar-refractivity contribution in [2.75, 3.05) is 6.61 Å². The summed E-state index contributed by atoms with van der Waals surface area (Å²) in [4.78, 5) is -0.147. The van der Waals surface area contributed by atoms with Gasteiger partial charge >= 0.3 is 6.18 Å². The molecule has 0 amide bonds. The van der Waals surface area contributed by atoms with Gasteiger partial charge in [-0.05, 0) is 31.2 Å². The molecule has 4 nitrogen and oxygen atoms in total. The summed E-state index contributed by atoms with van der Waals surface area (Å²) in [7, 11) is -4.02. The Hall–Kier alpha value is -1.56. The Morgan fingerprint density at radius 3 is 2.33 bits per heavy atom. The van der Waals surface area contributed by atoms with Crippen LogP contribution in [0.4, 0.5) is 13.2 Å². The van der Waals surface area contributed by atoms with E-state index in [0.717, 1.165) is 6.92 Å². The second-order valence-electron chi connectivity index (χ2n) is 4.33. The molecule has 0 heterocycles.